The van der Waals surface area contributed by atoms with E-state index in [-0.39, 0.29) is 29.5 Å². The Labute approximate surface area is 121 Å². The van der Waals surface area contributed by atoms with Gasteiger partial charge in [-0.3, -0.25) is 10.1 Å². The van der Waals surface area contributed by atoms with Gasteiger partial charge in [-0.1, -0.05) is 0 Å². The molecule has 0 saturated carbocycles. The second-order valence-electron chi connectivity index (χ2n) is 5.34. The molecule has 2 saturated heterocycles. The van der Waals surface area contributed by atoms with Gasteiger partial charge in [-0.25, -0.2) is 4.79 Å². The third-order valence-electron chi connectivity index (χ3n) is 4.06. The number of carbonyl (C=O) groups excluding carboxylic acids is 1. The first kappa shape index (κ1) is 13.8. The van der Waals surface area contributed by atoms with Crippen molar-refractivity contribution in [2.75, 3.05) is 12.4 Å². The molecule has 2 aliphatic heterocycles. The number of benzene rings is 1. The maximum Gasteiger partial charge on any atom is 0.337 e. The molecule has 1 N–H and O–H groups in total. The monoisotopic (exact) mass is 292 g/mol. The first-order chi connectivity index (χ1) is 10.1. The van der Waals surface area contributed by atoms with E-state index in [1.54, 1.807) is 0 Å². The summed E-state index contributed by atoms with van der Waals surface area (Å²) in [5.41, 5.74) is 0.573. The number of esters is 1. The summed E-state index contributed by atoms with van der Waals surface area (Å²) in [6.45, 7) is 0. The Kier molecular flexibility index (Phi) is 3.50. The van der Waals surface area contributed by atoms with Crippen LogP contribution in [0.25, 0.3) is 0 Å². The molecule has 0 aliphatic carbocycles. The second kappa shape index (κ2) is 5.33. The zero-order valence-corrected chi connectivity index (χ0v) is 11.6. The lowest BCUT2D eigenvalue weighted by atomic mass is 9.95. The smallest absolute Gasteiger partial charge is 0.337 e. The molecule has 0 spiro atoms. The van der Waals surface area contributed by atoms with Crippen molar-refractivity contribution in [2.24, 2.45) is 0 Å². The summed E-state index contributed by atoms with van der Waals surface area (Å²) in [6.07, 6.45) is 3.19. The Hall–Kier alpha value is -2.15. The molecule has 1 aromatic rings. The summed E-state index contributed by atoms with van der Waals surface area (Å²) >= 11 is 0. The number of hydrogen-bond acceptors (Lipinski definition) is 6. The fraction of sp³-hybridized carbons (Fsp3) is 0.500. The van der Waals surface area contributed by atoms with Gasteiger partial charge in [0, 0.05) is 6.07 Å². The molecule has 7 heteroatoms. The van der Waals surface area contributed by atoms with Gasteiger partial charge >= 0.3 is 5.97 Å². The van der Waals surface area contributed by atoms with Crippen LogP contribution in [0.1, 0.15) is 29.6 Å². The quantitative estimate of drug-likeness (QED) is 0.519. The number of nitro benzene ring substituents is 1. The third-order valence-corrected chi connectivity index (χ3v) is 4.06. The van der Waals surface area contributed by atoms with E-state index in [0.29, 0.717) is 5.69 Å². The van der Waals surface area contributed by atoms with E-state index in [1.165, 1.54) is 25.3 Å². The molecule has 0 radical (unpaired) electrons. The number of carbonyl (C=O) groups is 1. The average Bonchev–Trinajstić information content (AvgIpc) is 3.08. The number of nitrogens with zero attached hydrogens (tertiary/aromatic N) is 1. The van der Waals surface area contributed by atoms with Gasteiger partial charge in [-0.15, -0.1) is 0 Å². The molecule has 3 atom stereocenters. The zero-order chi connectivity index (χ0) is 15.0. The highest BCUT2D eigenvalue weighted by Gasteiger charge is 2.41. The fourth-order valence-corrected chi connectivity index (χ4v) is 3.05. The molecule has 1 aromatic carbocycles. The molecule has 7 nitrogen and oxygen atoms in total. The van der Waals surface area contributed by atoms with Crippen molar-refractivity contribution < 1.29 is 19.2 Å². The van der Waals surface area contributed by atoms with Crippen molar-refractivity contribution in [3.8, 4) is 0 Å². The van der Waals surface area contributed by atoms with Gasteiger partial charge in [0.2, 0.25) is 0 Å². The van der Waals surface area contributed by atoms with Crippen molar-refractivity contribution >= 4 is 17.3 Å². The Morgan fingerprint density at radius 3 is 2.86 bits per heavy atom. The predicted molar refractivity (Wildman–Crippen MR) is 74.4 cm³/mol. The molecule has 0 amide bonds. The number of anilines is 1. The number of ether oxygens (including phenoxy) is 2. The van der Waals surface area contributed by atoms with E-state index in [4.69, 9.17) is 4.74 Å². The van der Waals surface area contributed by atoms with Crippen molar-refractivity contribution in [1.82, 2.24) is 0 Å². The minimum Gasteiger partial charge on any atom is -0.465 e. The molecule has 2 bridgehead atoms. The molecule has 2 heterocycles. The molecule has 3 unspecified atom stereocenters. The molecular formula is C14H16N2O5. The number of fused-ring (bicyclic) bond motifs is 2. The van der Waals surface area contributed by atoms with Crippen LogP contribution in [0.4, 0.5) is 11.4 Å². The van der Waals surface area contributed by atoms with Gasteiger partial charge in [0.05, 0.1) is 35.8 Å². The Morgan fingerprint density at radius 2 is 2.29 bits per heavy atom. The molecule has 3 rings (SSSR count). The molecule has 112 valence electrons. The van der Waals surface area contributed by atoms with Crippen LogP contribution in [-0.4, -0.2) is 36.3 Å². The minimum atomic E-state index is -0.517. The lowest BCUT2D eigenvalue weighted by Gasteiger charge is -2.21. The van der Waals surface area contributed by atoms with E-state index in [0.717, 1.165) is 19.3 Å². The average molecular weight is 292 g/mol. The Morgan fingerprint density at radius 1 is 1.48 bits per heavy atom. The summed E-state index contributed by atoms with van der Waals surface area (Å²) in [5.74, 6) is -0.517. The van der Waals surface area contributed by atoms with Crippen LogP contribution in [-0.2, 0) is 9.47 Å². The van der Waals surface area contributed by atoms with Gasteiger partial charge in [-0.05, 0) is 31.4 Å². The summed E-state index contributed by atoms with van der Waals surface area (Å²) in [4.78, 5) is 22.2. The second-order valence-corrected chi connectivity index (χ2v) is 5.34. The van der Waals surface area contributed by atoms with E-state index in [2.05, 4.69) is 10.1 Å². The SMILES string of the molecule is COC(=O)c1ccc([N+](=O)[O-])c(NC2CC3CCC2O3)c1. The van der Waals surface area contributed by atoms with Crippen molar-refractivity contribution in [3.05, 3.63) is 33.9 Å². The summed E-state index contributed by atoms with van der Waals surface area (Å²) in [7, 11) is 1.28. The predicted octanol–water partition coefficient (Wildman–Crippen LogP) is 2.11. The van der Waals surface area contributed by atoms with Crippen molar-refractivity contribution in [2.45, 2.75) is 37.5 Å². The van der Waals surface area contributed by atoms with Gasteiger partial charge in [0.25, 0.3) is 5.69 Å². The standard InChI is InChI=1S/C14H16N2O5/c1-20-14(17)8-2-4-12(16(18)19)10(6-8)15-11-7-9-3-5-13(11)21-9/h2,4,6,9,11,13,15H,3,5,7H2,1H3. The number of methoxy groups -OCH3 is 1. The van der Waals surface area contributed by atoms with Crippen LogP contribution in [0, 0.1) is 10.1 Å². The minimum absolute atomic E-state index is 0.0505. The molecular weight excluding hydrogens is 276 g/mol. The van der Waals surface area contributed by atoms with Crippen molar-refractivity contribution in [1.29, 1.82) is 0 Å². The molecule has 2 aliphatic rings. The van der Waals surface area contributed by atoms with Crippen LogP contribution in [0.5, 0.6) is 0 Å². The lowest BCUT2D eigenvalue weighted by Crippen LogP contribution is -2.30. The zero-order valence-electron chi connectivity index (χ0n) is 11.6. The number of rotatable bonds is 4. The van der Waals surface area contributed by atoms with Crippen LogP contribution in [0.2, 0.25) is 0 Å². The normalized spacial score (nSPS) is 26.6. The lowest BCUT2D eigenvalue weighted by molar-refractivity contribution is -0.384. The highest BCUT2D eigenvalue weighted by Crippen LogP contribution is 2.37. The third kappa shape index (κ3) is 2.56. The van der Waals surface area contributed by atoms with E-state index >= 15 is 0 Å². The van der Waals surface area contributed by atoms with Crippen LogP contribution < -0.4 is 5.32 Å². The maximum atomic E-state index is 11.6. The Bertz CT molecular complexity index is 589. The van der Waals surface area contributed by atoms with Gasteiger partial charge in [0.1, 0.15) is 5.69 Å². The molecule has 2 fully saturated rings. The van der Waals surface area contributed by atoms with Gasteiger partial charge < -0.3 is 14.8 Å². The van der Waals surface area contributed by atoms with Gasteiger partial charge in [-0.2, -0.15) is 0 Å². The molecule has 0 aromatic heterocycles. The number of nitrogens with one attached hydrogen (secondary N) is 1. The number of nitro groups is 1. The maximum absolute atomic E-state index is 11.6. The highest BCUT2D eigenvalue weighted by atomic mass is 16.6. The van der Waals surface area contributed by atoms with Crippen LogP contribution in [0.15, 0.2) is 18.2 Å². The summed E-state index contributed by atoms with van der Waals surface area (Å²) in [6, 6.07) is 4.24. The summed E-state index contributed by atoms with van der Waals surface area (Å²) in [5, 5.41) is 14.3. The fourth-order valence-electron chi connectivity index (χ4n) is 3.05. The number of hydrogen-bond donors (Lipinski definition) is 1. The molecule has 21 heavy (non-hydrogen) atoms. The highest BCUT2D eigenvalue weighted by molar-refractivity contribution is 5.91. The van der Waals surface area contributed by atoms with Crippen LogP contribution >= 0.6 is 0 Å². The first-order valence-corrected chi connectivity index (χ1v) is 6.87. The summed E-state index contributed by atoms with van der Waals surface area (Å²) < 4.78 is 10.4. The van der Waals surface area contributed by atoms with E-state index in [1.807, 2.05) is 0 Å². The van der Waals surface area contributed by atoms with E-state index in [9.17, 15) is 14.9 Å². The van der Waals surface area contributed by atoms with Gasteiger partial charge in [0.15, 0.2) is 0 Å². The van der Waals surface area contributed by atoms with Crippen molar-refractivity contribution in [3.63, 3.8) is 0 Å². The van der Waals surface area contributed by atoms with Crippen LogP contribution in [0.3, 0.4) is 0 Å². The first-order valence-electron chi connectivity index (χ1n) is 6.87. The Balaban J connectivity index is 1.87. The topological polar surface area (TPSA) is 90.7 Å². The van der Waals surface area contributed by atoms with E-state index < -0.39 is 10.9 Å². The largest absolute Gasteiger partial charge is 0.465 e.